The standard InChI is InChI=1S/C45H69N3O5.CH4/c1-26(2)39-36(49)24-45(46-29(5)48-22-10-11-30(48)25-47-20-8-9-21-47)19-15-35-31(40(39)45)12-13-38-43(6)18-16-37(28(4)34(43)14-17-44(35,38)7)53-42(52)33-23-32(27(33)3)41(50)51;/h26-28,30-35,37-38,46H,5,8-25H2,1-4,6-7H3,(H,50,51);1H4. The number of esters is 1. The Balaban J connectivity index is 0.00000450. The maximum Gasteiger partial charge on any atom is 0.309 e. The summed E-state index contributed by atoms with van der Waals surface area (Å²) >= 11 is 0. The van der Waals surface area contributed by atoms with Crippen LogP contribution in [0.25, 0.3) is 0 Å². The number of allylic oxidation sites excluding steroid dienone is 1. The lowest BCUT2D eigenvalue weighted by atomic mass is 9.38. The highest BCUT2D eigenvalue weighted by molar-refractivity contribution is 6.01. The summed E-state index contributed by atoms with van der Waals surface area (Å²) in [6, 6.07) is 0.507. The fourth-order valence-corrected chi connectivity index (χ4v) is 14.8. The Bertz CT molecular complexity index is 1530. The third-order valence-electron chi connectivity index (χ3n) is 17.6. The molecule has 0 aromatic rings. The second-order valence-corrected chi connectivity index (χ2v) is 20.3. The maximum absolute atomic E-state index is 14.1. The summed E-state index contributed by atoms with van der Waals surface area (Å²) in [5.74, 6) is 2.21. The van der Waals surface area contributed by atoms with E-state index < -0.39 is 11.9 Å². The van der Waals surface area contributed by atoms with Crippen molar-refractivity contribution in [2.75, 3.05) is 26.2 Å². The van der Waals surface area contributed by atoms with Crippen LogP contribution >= 0.6 is 0 Å². The average Bonchev–Trinajstić information content (AvgIpc) is 3.84. The summed E-state index contributed by atoms with van der Waals surface area (Å²) in [7, 11) is 0. The van der Waals surface area contributed by atoms with Gasteiger partial charge in [-0.1, -0.05) is 55.5 Å². The number of carboxylic acids is 1. The molecule has 8 rings (SSSR count). The molecule has 2 saturated heterocycles. The van der Waals surface area contributed by atoms with Gasteiger partial charge in [0.2, 0.25) is 0 Å². The highest BCUT2D eigenvalue weighted by Gasteiger charge is 2.65. The molecule has 8 aliphatic rings. The molecule has 2 N–H and O–H groups in total. The van der Waals surface area contributed by atoms with Gasteiger partial charge in [0.05, 0.1) is 23.2 Å². The van der Waals surface area contributed by atoms with Gasteiger partial charge in [-0.25, -0.2) is 0 Å². The molecule has 2 aliphatic heterocycles. The topological polar surface area (TPSA) is 99.2 Å². The number of ketones is 1. The van der Waals surface area contributed by atoms with Crippen LogP contribution in [-0.2, 0) is 19.1 Å². The molecule has 0 amide bonds. The predicted molar refractivity (Wildman–Crippen MR) is 213 cm³/mol. The Kier molecular flexibility index (Phi) is 10.7. The SMILES string of the molecule is C.C=C(NC12CCC3C(CCC4C3(C)CCC3C(C)C(OC(=O)C5CC(C(=O)O)C5C)CCC34C)C1=C(C(C)C)C(=O)C2)N1CCCC1CN1CCCC1. The van der Waals surface area contributed by atoms with Crippen LogP contribution in [0.4, 0.5) is 0 Å². The molecule has 0 radical (unpaired) electrons. The quantitative estimate of drug-likeness (QED) is 0.227. The molecule has 13 atom stereocenters. The number of hydrogen-bond donors (Lipinski definition) is 2. The van der Waals surface area contributed by atoms with Gasteiger partial charge >= 0.3 is 11.9 Å². The van der Waals surface area contributed by atoms with Gasteiger partial charge in [0.1, 0.15) is 6.10 Å². The number of rotatable bonds is 9. The largest absolute Gasteiger partial charge is 0.481 e. The fourth-order valence-electron chi connectivity index (χ4n) is 14.8. The maximum atomic E-state index is 14.1. The van der Waals surface area contributed by atoms with Gasteiger partial charge in [-0.2, -0.15) is 0 Å². The molecule has 8 nitrogen and oxygen atoms in total. The van der Waals surface area contributed by atoms with Crippen molar-refractivity contribution in [2.24, 2.45) is 64.1 Å². The molecule has 54 heavy (non-hydrogen) atoms. The van der Waals surface area contributed by atoms with Crippen LogP contribution in [-0.4, -0.2) is 76.5 Å². The lowest BCUT2D eigenvalue weighted by Crippen LogP contribution is -2.62. The van der Waals surface area contributed by atoms with Crippen LogP contribution < -0.4 is 5.32 Å². The van der Waals surface area contributed by atoms with Crippen molar-refractivity contribution >= 4 is 17.7 Å². The number of ether oxygens (including phenoxy) is 1. The summed E-state index contributed by atoms with van der Waals surface area (Å²) < 4.78 is 6.27. The lowest BCUT2D eigenvalue weighted by Gasteiger charge is -2.67. The highest BCUT2D eigenvalue weighted by Crippen LogP contribution is 2.70. The number of fused-ring (bicyclic) bond motifs is 7. The van der Waals surface area contributed by atoms with Crippen LogP contribution in [0.3, 0.4) is 0 Å². The molecular weight excluding hydrogens is 675 g/mol. The first kappa shape index (κ1) is 39.9. The molecular formula is C46H73N3O5. The van der Waals surface area contributed by atoms with Crippen LogP contribution in [0, 0.1) is 64.1 Å². The number of likely N-dealkylation sites (tertiary alicyclic amines) is 2. The second kappa shape index (κ2) is 14.5. The summed E-state index contributed by atoms with van der Waals surface area (Å²) in [4.78, 5) is 44.1. The minimum atomic E-state index is -0.798. The van der Waals surface area contributed by atoms with E-state index in [0.29, 0.717) is 54.3 Å². The summed E-state index contributed by atoms with van der Waals surface area (Å²) in [5.41, 5.74) is 2.70. The monoisotopic (exact) mass is 748 g/mol. The van der Waals surface area contributed by atoms with E-state index in [2.05, 4.69) is 49.7 Å². The number of hydrogen-bond acceptors (Lipinski definition) is 7. The number of Topliss-reactive ketones (excluding diaryl/α,β-unsaturated/α-hetero) is 1. The van der Waals surface area contributed by atoms with E-state index in [1.165, 1.54) is 57.2 Å². The third kappa shape index (κ3) is 6.20. The van der Waals surface area contributed by atoms with Crippen LogP contribution in [0.15, 0.2) is 23.5 Å². The van der Waals surface area contributed by atoms with Crippen molar-refractivity contribution in [2.45, 2.75) is 157 Å². The van der Waals surface area contributed by atoms with Crippen molar-refractivity contribution in [3.63, 3.8) is 0 Å². The predicted octanol–water partition coefficient (Wildman–Crippen LogP) is 8.47. The number of aliphatic carboxylic acids is 1. The van der Waals surface area contributed by atoms with Crippen molar-refractivity contribution in [3.05, 3.63) is 23.5 Å². The molecule has 8 heteroatoms. The zero-order valence-electron chi connectivity index (χ0n) is 33.8. The van der Waals surface area contributed by atoms with Crippen molar-refractivity contribution in [3.8, 4) is 0 Å². The molecule has 0 spiro atoms. The van der Waals surface area contributed by atoms with Crippen molar-refractivity contribution < 1.29 is 24.2 Å². The number of nitrogens with zero attached hydrogens (tertiary/aromatic N) is 2. The van der Waals surface area contributed by atoms with Gasteiger partial charge in [-0.05, 0) is 160 Å². The number of carboxylic acid groups (broad SMARTS) is 1. The van der Waals surface area contributed by atoms with Crippen LogP contribution in [0.5, 0.6) is 0 Å². The Morgan fingerprint density at radius 2 is 1.59 bits per heavy atom. The first-order valence-electron chi connectivity index (χ1n) is 21.9. The Hall–Kier alpha value is -2.35. The Labute approximate surface area is 326 Å². The van der Waals surface area contributed by atoms with E-state index in [1.807, 2.05) is 6.92 Å². The third-order valence-corrected chi connectivity index (χ3v) is 17.6. The zero-order chi connectivity index (χ0) is 37.6. The first-order chi connectivity index (χ1) is 25.2. The van der Waals surface area contributed by atoms with Gasteiger partial charge in [-0.15, -0.1) is 0 Å². The molecule has 5 saturated carbocycles. The summed E-state index contributed by atoms with van der Waals surface area (Å²) in [6.07, 6.45) is 14.8. The molecule has 0 bridgehead atoms. The number of carbonyl (C=O) groups excluding carboxylic acids is 2. The first-order valence-corrected chi connectivity index (χ1v) is 21.9. The Morgan fingerprint density at radius 1 is 0.907 bits per heavy atom. The summed E-state index contributed by atoms with van der Waals surface area (Å²) in [5, 5.41) is 13.6. The van der Waals surface area contributed by atoms with Crippen molar-refractivity contribution in [1.82, 2.24) is 15.1 Å². The van der Waals surface area contributed by atoms with Crippen LogP contribution in [0.1, 0.15) is 139 Å². The molecule has 6 aliphatic carbocycles. The van der Waals surface area contributed by atoms with E-state index in [4.69, 9.17) is 11.3 Å². The molecule has 0 aromatic carbocycles. The average molecular weight is 748 g/mol. The zero-order valence-corrected chi connectivity index (χ0v) is 33.8. The minimum absolute atomic E-state index is 0. The smallest absolute Gasteiger partial charge is 0.309 e. The Morgan fingerprint density at radius 3 is 2.28 bits per heavy atom. The van der Waals surface area contributed by atoms with E-state index >= 15 is 0 Å². The van der Waals surface area contributed by atoms with Crippen LogP contribution in [0.2, 0.25) is 0 Å². The summed E-state index contributed by atoms with van der Waals surface area (Å²) in [6.45, 7) is 23.2. The molecule has 7 fully saturated rings. The number of carbonyl (C=O) groups is 3. The highest BCUT2D eigenvalue weighted by atomic mass is 16.5. The van der Waals surface area contributed by atoms with Gasteiger partial charge in [0.15, 0.2) is 5.78 Å². The molecule has 0 aromatic heterocycles. The van der Waals surface area contributed by atoms with E-state index in [0.717, 1.165) is 63.0 Å². The molecule has 2 heterocycles. The van der Waals surface area contributed by atoms with Gasteiger partial charge in [-0.3, -0.25) is 14.4 Å². The van der Waals surface area contributed by atoms with E-state index in [1.54, 1.807) is 0 Å². The molecule has 302 valence electrons. The minimum Gasteiger partial charge on any atom is -0.481 e. The van der Waals surface area contributed by atoms with E-state index in [9.17, 15) is 19.5 Å². The fraction of sp³-hybridized carbons (Fsp3) is 0.848. The van der Waals surface area contributed by atoms with Crippen molar-refractivity contribution in [1.29, 1.82) is 0 Å². The normalized spacial score (nSPS) is 44.4. The number of nitrogens with one attached hydrogen (secondary N) is 1. The molecule has 13 unspecified atom stereocenters. The lowest BCUT2D eigenvalue weighted by molar-refractivity contribution is -0.196. The van der Waals surface area contributed by atoms with E-state index in [-0.39, 0.29) is 53.6 Å². The second-order valence-electron chi connectivity index (χ2n) is 20.3. The van der Waals surface area contributed by atoms with Gasteiger partial charge in [0, 0.05) is 25.6 Å². The van der Waals surface area contributed by atoms with Gasteiger partial charge in [0.25, 0.3) is 0 Å². The van der Waals surface area contributed by atoms with Gasteiger partial charge < -0.3 is 25.0 Å².